The second-order valence-corrected chi connectivity index (χ2v) is 16.1. The fourth-order valence-corrected chi connectivity index (χ4v) is 6.67. The van der Waals surface area contributed by atoms with Crippen LogP contribution in [0.5, 0.6) is 0 Å². The predicted molar refractivity (Wildman–Crippen MR) is 247 cm³/mol. The van der Waals surface area contributed by atoms with Gasteiger partial charge < -0.3 is 14.2 Å². The summed E-state index contributed by atoms with van der Waals surface area (Å²) in [6.07, 6.45) is 56.3. The Hall–Kier alpha value is -2.89. The molecule has 58 heavy (non-hydrogen) atoms. The van der Waals surface area contributed by atoms with Crippen molar-refractivity contribution in [1.29, 1.82) is 0 Å². The van der Waals surface area contributed by atoms with Crippen LogP contribution in [0.25, 0.3) is 0 Å². The number of esters is 3. The lowest BCUT2D eigenvalue weighted by Gasteiger charge is -2.18. The first-order chi connectivity index (χ1) is 28.5. The highest BCUT2D eigenvalue weighted by atomic mass is 16.6. The number of carbonyl (C=O) groups excluding carboxylic acids is 3. The van der Waals surface area contributed by atoms with Crippen LogP contribution in [-0.4, -0.2) is 37.2 Å². The van der Waals surface area contributed by atoms with E-state index in [-0.39, 0.29) is 31.1 Å². The van der Waals surface area contributed by atoms with Gasteiger partial charge in [0.2, 0.25) is 0 Å². The van der Waals surface area contributed by atoms with Crippen molar-refractivity contribution in [2.24, 2.45) is 0 Å². The van der Waals surface area contributed by atoms with E-state index < -0.39 is 6.10 Å². The second kappa shape index (κ2) is 46.8. The van der Waals surface area contributed by atoms with Crippen molar-refractivity contribution in [3.63, 3.8) is 0 Å². The third-order valence-electron chi connectivity index (χ3n) is 10.4. The summed E-state index contributed by atoms with van der Waals surface area (Å²) in [7, 11) is 0. The fraction of sp³-hybridized carbons (Fsp3) is 0.750. The number of hydrogen-bond acceptors (Lipinski definition) is 6. The summed E-state index contributed by atoms with van der Waals surface area (Å²) in [4.78, 5) is 37.8. The van der Waals surface area contributed by atoms with E-state index in [1.165, 1.54) is 89.9 Å². The molecule has 0 aromatic carbocycles. The minimum Gasteiger partial charge on any atom is -0.462 e. The molecule has 0 saturated heterocycles. The molecular formula is C52H90O6. The number of ether oxygens (including phenoxy) is 3. The Labute approximate surface area is 358 Å². The van der Waals surface area contributed by atoms with Gasteiger partial charge in [0.1, 0.15) is 13.2 Å². The minimum atomic E-state index is -0.784. The molecule has 0 N–H and O–H groups in total. The molecule has 1 atom stereocenters. The quantitative estimate of drug-likeness (QED) is 0.0201. The maximum Gasteiger partial charge on any atom is 0.306 e. The molecule has 0 rings (SSSR count). The van der Waals surface area contributed by atoms with Crippen molar-refractivity contribution in [2.45, 2.75) is 239 Å². The molecule has 0 aliphatic carbocycles. The molecule has 0 aromatic heterocycles. The lowest BCUT2D eigenvalue weighted by Crippen LogP contribution is -2.30. The number of hydrogen-bond donors (Lipinski definition) is 0. The Balaban J connectivity index is 4.40. The van der Waals surface area contributed by atoms with E-state index >= 15 is 0 Å². The van der Waals surface area contributed by atoms with E-state index in [1.54, 1.807) is 0 Å². The normalized spacial score (nSPS) is 12.5. The molecule has 0 saturated carbocycles. The monoisotopic (exact) mass is 811 g/mol. The molecule has 6 nitrogen and oxygen atoms in total. The largest absolute Gasteiger partial charge is 0.462 e. The fourth-order valence-electron chi connectivity index (χ4n) is 6.67. The number of unbranched alkanes of at least 4 members (excludes halogenated alkanes) is 25. The van der Waals surface area contributed by atoms with Crippen molar-refractivity contribution < 1.29 is 28.6 Å². The van der Waals surface area contributed by atoms with Gasteiger partial charge in [0.05, 0.1) is 0 Å². The van der Waals surface area contributed by atoms with Gasteiger partial charge in [-0.15, -0.1) is 0 Å². The van der Waals surface area contributed by atoms with Gasteiger partial charge in [-0.05, 0) is 57.8 Å². The molecule has 0 fully saturated rings. The molecule has 0 spiro atoms. The number of carbonyl (C=O) groups is 3. The molecule has 1 unspecified atom stereocenters. The maximum absolute atomic E-state index is 12.8. The van der Waals surface area contributed by atoms with Crippen LogP contribution < -0.4 is 0 Å². The topological polar surface area (TPSA) is 78.9 Å². The Morgan fingerprint density at radius 1 is 0.362 bits per heavy atom. The van der Waals surface area contributed by atoms with Gasteiger partial charge in [-0.1, -0.05) is 216 Å². The summed E-state index contributed by atoms with van der Waals surface area (Å²) in [6.45, 7) is 6.43. The molecule has 0 bridgehead atoms. The average Bonchev–Trinajstić information content (AvgIpc) is 3.22. The van der Waals surface area contributed by atoms with Crippen molar-refractivity contribution in [1.82, 2.24) is 0 Å². The predicted octanol–water partition coefficient (Wildman–Crippen LogP) is 15.7. The zero-order valence-electron chi connectivity index (χ0n) is 38.0. The van der Waals surface area contributed by atoms with Gasteiger partial charge in [0.15, 0.2) is 6.10 Å². The highest BCUT2D eigenvalue weighted by Gasteiger charge is 2.19. The molecule has 0 amide bonds. The van der Waals surface area contributed by atoms with Crippen LogP contribution in [0.3, 0.4) is 0 Å². The first-order valence-electron chi connectivity index (χ1n) is 24.3. The van der Waals surface area contributed by atoms with Crippen molar-refractivity contribution in [2.75, 3.05) is 13.2 Å². The Bertz CT molecular complexity index is 1070. The van der Waals surface area contributed by atoms with Crippen LogP contribution >= 0.6 is 0 Å². The van der Waals surface area contributed by atoms with E-state index in [9.17, 15) is 14.4 Å². The molecule has 0 radical (unpaired) electrons. The average molecular weight is 811 g/mol. The van der Waals surface area contributed by atoms with Gasteiger partial charge >= 0.3 is 17.9 Å². The second-order valence-electron chi connectivity index (χ2n) is 16.1. The van der Waals surface area contributed by atoms with Gasteiger partial charge in [0, 0.05) is 19.3 Å². The van der Waals surface area contributed by atoms with Gasteiger partial charge in [-0.25, -0.2) is 0 Å². The summed E-state index contributed by atoms with van der Waals surface area (Å²) in [5.74, 6) is -0.921. The van der Waals surface area contributed by atoms with Gasteiger partial charge in [-0.3, -0.25) is 14.4 Å². The lowest BCUT2D eigenvalue weighted by atomic mass is 10.0. The molecular weight excluding hydrogens is 721 g/mol. The number of rotatable bonds is 43. The molecule has 0 aromatic rings. The summed E-state index contributed by atoms with van der Waals surface area (Å²) in [5.41, 5.74) is 0. The van der Waals surface area contributed by atoms with Crippen LogP contribution in [0.4, 0.5) is 0 Å². The molecule has 0 aliphatic heterocycles. The smallest absolute Gasteiger partial charge is 0.306 e. The number of allylic oxidation sites excluding steroid dienone is 10. The van der Waals surface area contributed by atoms with Gasteiger partial charge in [0.25, 0.3) is 0 Å². The van der Waals surface area contributed by atoms with Gasteiger partial charge in [-0.2, -0.15) is 0 Å². The first-order valence-corrected chi connectivity index (χ1v) is 24.3. The lowest BCUT2D eigenvalue weighted by molar-refractivity contribution is -0.167. The Morgan fingerprint density at radius 2 is 0.707 bits per heavy atom. The van der Waals surface area contributed by atoms with Crippen molar-refractivity contribution in [3.05, 3.63) is 60.8 Å². The standard InChI is InChI=1S/C52H90O6/c1-4-7-10-13-16-19-22-24-26-28-30-33-36-39-42-45-51(54)57-48-49(47-56-50(53)44-41-38-35-32-21-18-15-12-9-6-3)58-52(55)46-43-40-37-34-31-29-27-25-23-20-17-14-11-8-5-2/h7,10,13,15-16,18-19,22,24,26,49H,4-6,8-9,11-12,14,17,20-21,23,25,27-48H2,1-3H3/b10-7-,16-13-,18-15-,22-19-,26-24-. The maximum atomic E-state index is 12.8. The summed E-state index contributed by atoms with van der Waals surface area (Å²) in [6, 6.07) is 0. The van der Waals surface area contributed by atoms with Crippen LogP contribution in [-0.2, 0) is 28.6 Å². The van der Waals surface area contributed by atoms with Crippen LogP contribution in [0, 0.1) is 0 Å². The zero-order valence-corrected chi connectivity index (χ0v) is 38.0. The molecule has 0 aliphatic rings. The third-order valence-corrected chi connectivity index (χ3v) is 10.4. The zero-order chi connectivity index (χ0) is 42.3. The Morgan fingerprint density at radius 3 is 1.16 bits per heavy atom. The third kappa shape index (κ3) is 44.2. The van der Waals surface area contributed by atoms with Crippen molar-refractivity contribution >= 4 is 17.9 Å². The van der Waals surface area contributed by atoms with Crippen LogP contribution in [0.1, 0.15) is 233 Å². The van der Waals surface area contributed by atoms with Crippen molar-refractivity contribution in [3.8, 4) is 0 Å². The summed E-state index contributed by atoms with van der Waals surface area (Å²) < 4.78 is 16.7. The molecule has 0 heterocycles. The molecule has 334 valence electrons. The Kier molecular flexibility index (Phi) is 44.5. The highest BCUT2D eigenvalue weighted by molar-refractivity contribution is 5.71. The molecule has 6 heteroatoms. The highest BCUT2D eigenvalue weighted by Crippen LogP contribution is 2.15. The summed E-state index contributed by atoms with van der Waals surface area (Å²) >= 11 is 0. The first kappa shape index (κ1) is 55.1. The van der Waals surface area contributed by atoms with E-state index in [0.29, 0.717) is 19.3 Å². The van der Waals surface area contributed by atoms with E-state index in [1.807, 2.05) is 18.2 Å². The van der Waals surface area contributed by atoms with E-state index in [4.69, 9.17) is 14.2 Å². The van der Waals surface area contributed by atoms with E-state index in [0.717, 1.165) is 103 Å². The SMILES string of the molecule is CC\C=C/C=C\C=C/C=C\CCCCCCCC(=O)OCC(COC(=O)CCCCCC/C=C\CCCC)OC(=O)CCCCCCCCCCCCCCCCC. The van der Waals surface area contributed by atoms with Crippen LogP contribution in [0.15, 0.2) is 60.8 Å². The summed E-state index contributed by atoms with van der Waals surface area (Å²) in [5, 5.41) is 0. The van der Waals surface area contributed by atoms with Crippen LogP contribution in [0.2, 0.25) is 0 Å². The van der Waals surface area contributed by atoms with E-state index in [2.05, 4.69) is 63.3 Å². The minimum absolute atomic E-state index is 0.0868.